The lowest BCUT2D eigenvalue weighted by Gasteiger charge is -2.18. The zero-order valence-electron chi connectivity index (χ0n) is 42.0. The van der Waals surface area contributed by atoms with Crippen molar-refractivity contribution in [1.29, 1.82) is 0 Å². The minimum atomic E-state index is -0.792. The summed E-state index contributed by atoms with van der Waals surface area (Å²) >= 11 is 0. The molecule has 0 saturated heterocycles. The number of unbranched alkanes of at least 4 members (excludes halogenated alkanes) is 25. The third-order valence-electron chi connectivity index (χ3n) is 11.4. The van der Waals surface area contributed by atoms with Gasteiger partial charge in [0.15, 0.2) is 6.10 Å². The van der Waals surface area contributed by atoms with Crippen molar-refractivity contribution in [1.82, 2.24) is 0 Å². The molecule has 0 aromatic carbocycles. The van der Waals surface area contributed by atoms with Gasteiger partial charge in [0.05, 0.1) is 0 Å². The average Bonchev–Trinajstić information content (AvgIpc) is 3.29. The Balaban J connectivity index is 4.44. The highest BCUT2D eigenvalue weighted by Crippen LogP contribution is 2.15. The van der Waals surface area contributed by atoms with E-state index in [1.54, 1.807) is 0 Å². The molecule has 0 unspecified atom stereocenters. The number of carbonyl (C=O) groups excluding carboxylic acids is 3. The molecule has 0 rings (SSSR count). The summed E-state index contributed by atoms with van der Waals surface area (Å²) in [5, 5.41) is 0. The lowest BCUT2D eigenvalue weighted by Crippen LogP contribution is -2.30. The van der Waals surface area contributed by atoms with Crippen LogP contribution in [0.1, 0.15) is 258 Å². The second-order valence-electron chi connectivity index (χ2n) is 17.8. The molecule has 0 aromatic heterocycles. The highest BCUT2D eigenvalue weighted by Gasteiger charge is 2.19. The van der Waals surface area contributed by atoms with E-state index >= 15 is 0 Å². The molecule has 0 amide bonds. The molecule has 368 valence electrons. The first kappa shape index (κ1) is 60.9. The molecule has 0 radical (unpaired) electrons. The van der Waals surface area contributed by atoms with E-state index in [1.807, 2.05) is 0 Å². The van der Waals surface area contributed by atoms with Gasteiger partial charge in [-0.2, -0.15) is 0 Å². The van der Waals surface area contributed by atoms with Crippen molar-refractivity contribution in [3.63, 3.8) is 0 Å². The molecule has 0 aromatic rings. The first-order chi connectivity index (χ1) is 31.5. The lowest BCUT2D eigenvalue weighted by atomic mass is 10.0. The fourth-order valence-electron chi connectivity index (χ4n) is 7.40. The van der Waals surface area contributed by atoms with Gasteiger partial charge in [0.2, 0.25) is 0 Å². The fourth-order valence-corrected chi connectivity index (χ4v) is 7.40. The quantitative estimate of drug-likeness (QED) is 0.0262. The third-order valence-corrected chi connectivity index (χ3v) is 11.4. The molecule has 6 nitrogen and oxygen atoms in total. The summed E-state index contributed by atoms with van der Waals surface area (Å²) in [6, 6.07) is 0. The van der Waals surface area contributed by atoms with E-state index in [0.29, 0.717) is 19.3 Å². The molecule has 0 spiro atoms. The lowest BCUT2D eigenvalue weighted by molar-refractivity contribution is -0.167. The van der Waals surface area contributed by atoms with Crippen molar-refractivity contribution in [2.45, 2.75) is 264 Å². The Labute approximate surface area is 395 Å². The Morgan fingerprint density at radius 2 is 0.609 bits per heavy atom. The molecule has 1 atom stereocenters. The van der Waals surface area contributed by atoms with Crippen LogP contribution in [0.25, 0.3) is 0 Å². The predicted molar refractivity (Wildman–Crippen MR) is 274 cm³/mol. The van der Waals surface area contributed by atoms with Gasteiger partial charge in [0.1, 0.15) is 13.2 Å². The van der Waals surface area contributed by atoms with E-state index in [-0.39, 0.29) is 31.1 Å². The Morgan fingerprint density at radius 3 is 0.984 bits per heavy atom. The predicted octanol–water partition coefficient (Wildman–Crippen LogP) is 17.8. The van der Waals surface area contributed by atoms with Crippen LogP contribution < -0.4 is 0 Å². The second kappa shape index (κ2) is 52.5. The number of hydrogen-bond acceptors (Lipinski definition) is 6. The van der Waals surface area contributed by atoms with Crippen LogP contribution >= 0.6 is 0 Å². The van der Waals surface area contributed by atoms with Crippen LogP contribution in [0.15, 0.2) is 72.9 Å². The van der Waals surface area contributed by atoms with Crippen LogP contribution in [0.4, 0.5) is 0 Å². The van der Waals surface area contributed by atoms with Crippen LogP contribution in [0.5, 0.6) is 0 Å². The van der Waals surface area contributed by atoms with Gasteiger partial charge < -0.3 is 14.2 Å². The monoisotopic (exact) mass is 893 g/mol. The number of allylic oxidation sites excluding steroid dienone is 12. The number of rotatable bonds is 48. The summed E-state index contributed by atoms with van der Waals surface area (Å²) in [6.45, 7) is 6.48. The normalized spacial score (nSPS) is 12.6. The van der Waals surface area contributed by atoms with Crippen molar-refractivity contribution >= 4 is 17.9 Å². The van der Waals surface area contributed by atoms with E-state index in [4.69, 9.17) is 14.2 Å². The first-order valence-corrected chi connectivity index (χ1v) is 26.9. The molecule has 0 aliphatic carbocycles. The van der Waals surface area contributed by atoms with E-state index < -0.39 is 6.10 Å². The van der Waals surface area contributed by atoms with Crippen LogP contribution in [0.2, 0.25) is 0 Å². The summed E-state index contributed by atoms with van der Waals surface area (Å²) in [4.78, 5) is 38.0. The maximum absolute atomic E-state index is 12.8. The molecule has 0 aliphatic heterocycles. The van der Waals surface area contributed by atoms with Gasteiger partial charge in [-0.15, -0.1) is 0 Å². The van der Waals surface area contributed by atoms with Gasteiger partial charge >= 0.3 is 17.9 Å². The Bertz CT molecular complexity index is 1210. The molecular formula is C58H100O6. The Hall–Kier alpha value is -3.15. The molecule has 0 fully saturated rings. The molecule has 0 N–H and O–H groups in total. The van der Waals surface area contributed by atoms with Crippen LogP contribution in [-0.2, 0) is 28.6 Å². The SMILES string of the molecule is CC/C=C/C/C=C/C/C=C/CCCCCCCC(=O)O[C@@H](COC(=O)CCCCCC/C=C/C/C=C/C/C=C/CCCCC)COC(=O)CCCCCCCCCCCCCCCC. The Kier molecular flexibility index (Phi) is 49.9. The fraction of sp³-hybridized carbons (Fsp3) is 0.741. The maximum atomic E-state index is 12.8. The molecule has 0 heterocycles. The smallest absolute Gasteiger partial charge is 0.306 e. The largest absolute Gasteiger partial charge is 0.462 e. The number of ether oxygens (including phenoxy) is 3. The highest BCUT2D eigenvalue weighted by molar-refractivity contribution is 5.71. The summed E-state index contributed by atoms with van der Waals surface area (Å²) < 4.78 is 16.8. The van der Waals surface area contributed by atoms with Gasteiger partial charge in [0.25, 0.3) is 0 Å². The summed E-state index contributed by atoms with van der Waals surface area (Å²) in [6.07, 6.45) is 65.9. The van der Waals surface area contributed by atoms with E-state index in [0.717, 1.165) is 122 Å². The standard InChI is InChI=1S/C58H100O6/c1-4-7-10-13-16-19-22-25-28-29-31-33-36-39-42-45-48-51-57(60)63-54-55(53-62-56(59)50-47-44-41-38-35-32-27-24-21-18-15-12-9-6-3)64-58(61)52-49-46-43-40-37-34-30-26-23-20-17-14-11-8-5-2/h8,11,16-17,19-20,25-26,28,30-31,33,55H,4-7,9-10,12-15,18,21-24,27,29,32,34-54H2,1-3H3/b11-8+,19-16+,20-17+,28-25+,30-26+,33-31+/t55-/m1/s1. The highest BCUT2D eigenvalue weighted by atomic mass is 16.6. The summed E-state index contributed by atoms with van der Waals surface area (Å²) in [7, 11) is 0. The maximum Gasteiger partial charge on any atom is 0.306 e. The number of esters is 3. The summed E-state index contributed by atoms with van der Waals surface area (Å²) in [5.41, 5.74) is 0. The first-order valence-electron chi connectivity index (χ1n) is 26.9. The van der Waals surface area contributed by atoms with Crippen LogP contribution in [-0.4, -0.2) is 37.2 Å². The van der Waals surface area contributed by atoms with E-state index in [2.05, 4.69) is 93.7 Å². The van der Waals surface area contributed by atoms with Crippen molar-refractivity contribution < 1.29 is 28.6 Å². The van der Waals surface area contributed by atoms with Gasteiger partial charge in [-0.05, 0) is 89.9 Å². The molecule has 6 heteroatoms. The van der Waals surface area contributed by atoms with Gasteiger partial charge in [-0.3, -0.25) is 14.4 Å². The van der Waals surface area contributed by atoms with Crippen LogP contribution in [0.3, 0.4) is 0 Å². The van der Waals surface area contributed by atoms with Gasteiger partial charge in [-0.25, -0.2) is 0 Å². The molecular weight excluding hydrogens is 793 g/mol. The molecule has 64 heavy (non-hydrogen) atoms. The topological polar surface area (TPSA) is 78.9 Å². The Morgan fingerprint density at radius 1 is 0.328 bits per heavy atom. The number of hydrogen-bond donors (Lipinski definition) is 0. The zero-order valence-corrected chi connectivity index (χ0v) is 42.0. The number of carbonyl (C=O) groups is 3. The molecule has 0 aliphatic rings. The van der Waals surface area contributed by atoms with Crippen molar-refractivity contribution in [3.8, 4) is 0 Å². The average molecular weight is 893 g/mol. The third kappa shape index (κ3) is 49.9. The van der Waals surface area contributed by atoms with Crippen molar-refractivity contribution in [2.24, 2.45) is 0 Å². The van der Waals surface area contributed by atoms with E-state index in [9.17, 15) is 14.4 Å². The van der Waals surface area contributed by atoms with Gasteiger partial charge in [-0.1, -0.05) is 222 Å². The molecule has 0 saturated carbocycles. The minimum Gasteiger partial charge on any atom is -0.462 e. The van der Waals surface area contributed by atoms with Gasteiger partial charge in [0, 0.05) is 19.3 Å². The zero-order chi connectivity index (χ0) is 46.5. The molecule has 0 bridgehead atoms. The summed E-state index contributed by atoms with van der Waals surface area (Å²) in [5.74, 6) is -0.922. The minimum absolute atomic E-state index is 0.0881. The van der Waals surface area contributed by atoms with Crippen LogP contribution in [0, 0.1) is 0 Å². The van der Waals surface area contributed by atoms with Crippen molar-refractivity contribution in [2.75, 3.05) is 13.2 Å². The van der Waals surface area contributed by atoms with Crippen molar-refractivity contribution in [3.05, 3.63) is 72.9 Å². The second-order valence-corrected chi connectivity index (χ2v) is 17.8. The van der Waals surface area contributed by atoms with E-state index in [1.165, 1.54) is 96.3 Å².